The van der Waals surface area contributed by atoms with Gasteiger partial charge in [-0.3, -0.25) is 4.79 Å². The number of likely N-dealkylation sites (tertiary alicyclic amines) is 1. The summed E-state index contributed by atoms with van der Waals surface area (Å²) in [5.41, 5.74) is 0. The predicted molar refractivity (Wildman–Crippen MR) is 95.4 cm³/mol. The van der Waals surface area contributed by atoms with Crippen LogP contribution in [0, 0.1) is 12.8 Å². The van der Waals surface area contributed by atoms with Gasteiger partial charge in [0.25, 0.3) is 0 Å². The Bertz CT molecular complexity index is 748. The highest BCUT2D eigenvalue weighted by molar-refractivity contribution is 5.76. The molecule has 4 rings (SSSR count). The van der Waals surface area contributed by atoms with Crippen LogP contribution in [0.5, 0.6) is 0 Å². The summed E-state index contributed by atoms with van der Waals surface area (Å²) in [6, 6.07) is 4.49. The van der Waals surface area contributed by atoms with Crippen LogP contribution in [0.2, 0.25) is 0 Å². The quantitative estimate of drug-likeness (QED) is 0.833. The number of imidazole rings is 1. The number of aromatic nitrogens is 2. The largest absolute Gasteiger partial charge is 0.466 e. The summed E-state index contributed by atoms with van der Waals surface area (Å²) in [4.78, 5) is 19.0. The lowest BCUT2D eigenvalue weighted by Crippen LogP contribution is -2.40. The highest BCUT2D eigenvalue weighted by Gasteiger charge is 2.36. The third-order valence-electron chi connectivity index (χ3n) is 5.75. The zero-order chi connectivity index (χ0) is 17.4. The van der Waals surface area contributed by atoms with Crippen molar-refractivity contribution in [3.63, 3.8) is 0 Å². The van der Waals surface area contributed by atoms with Gasteiger partial charge in [-0.25, -0.2) is 4.98 Å². The van der Waals surface area contributed by atoms with Crippen LogP contribution in [0.15, 0.2) is 28.9 Å². The van der Waals surface area contributed by atoms with Gasteiger partial charge in [-0.1, -0.05) is 6.92 Å². The maximum absolute atomic E-state index is 12.6. The van der Waals surface area contributed by atoms with E-state index >= 15 is 0 Å². The fourth-order valence-corrected chi connectivity index (χ4v) is 4.02. The Hall–Kier alpha value is -2.04. The molecule has 0 bridgehead atoms. The van der Waals surface area contributed by atoms with Gasteiger partial charge in [0.15, 0.2) is 0 Å². The molecular weight excluding hydrogens is 314 g/mol. The van der Waals surface area contributed by atoms with Gasteiger partial charge >= 0.3 is 0 Å². The van der Waals surface area contributed by atoms with E-state index in [0.29, 0.717) is 24.8 Å². The number of rotatable bonds is 5. The normalized spacial score (nSPS) is 26.0. The van der Waals surface area contributed by atoms with Crippen molar-refractivity contribution in [3.05, 3.63) is 41.9 Å². The van der Waals surface area contributed by atoms with Gasteiger partial charge in [0.1, 0.15) is 17.3 Å². The Morgan fingerprint density at radius 2 is 2.24 bits per heavy atom. The van der Waals surface area contributed by atoms with Crippen LogP contribution in [0.25, 0.3) is 0 Å². The van der Waals surface area contributed by atoms with Crippen molar-refractivity contribution in [2.75, 3.05) is 13.1 Å². The van der Waals surface area contributed by atoms with E-state index in [9.17, 15) is 4.79 Å². The second kappa shape index (κ2) is 6.70. The Balaban J connectivity index is 1.31. The second-order valence-electron chi connectivity index (χ2n) is 7.64. The molecule has 134 valence electrons. The van der Waals surface area contributed by atoms with Crippen molar-refractivity contribution >= 4 is 5.91 Å². The molecule has 2 fully saturated rings. The molecule has 5 heteroatoms. The monoisotopic (exact) mass is 341 g/mol. The molecule has 3 atom stereocenters. The first-order valence-corrected chi connectivity index (χ1v) is 9.47. The zero-order valence-corrected chi connectivity index (χ0v) is 15.1. The molecular formula is C20H27N3O2. The van der Waals surface area contributed by atoms with Gasteiger partial charge < -0.3 is 13.9 Å². The molecule has 1 aliphatic carbocycles. The van der Waals surface area contributed by atoms with Crippen molar-refractivity contribution < 1.29 is 9.21 Å². The van der Waals surface area contributed by atoms with E-state index in [1.807, 2.05) is 30.3 Å². The number of hydrogen-bond acceptors (Lipinski definition) is 3. The van der Waals surface area contributed by atoms with Crippen LogP contribution >= 0.6 is 0 Å². The Morgan fingerprint density at radius 3 is 2.96 bits per heavy atom. The van der Waals surface area contributed by atoms with Crippen molar-refractivity contribution in [1.82, 2.24) is 14.5 Å². The van der Waals surface area contributed by atoms with Gasteiger partial charge in [0.05, 0.1) is 6.04 Å². The van der Waals surface area contributed by atoms with Gasteiger partial charge in [-0.2, -0.15) is 0 Å². The Morgan fingerprint density at radius 1 is 1.40 bits per heavy atom. The molecule has 0 unspecified atom stereocenters. The van der Waals surface area contributed by atoms with Crippen LogP contribution in [-0.2, 0) is 11.2 Å². The van der Waals surface area contributed by atoms with Crippen molar-refractivity contribution in [2.24, 2.45) is 5.92 Å². The number of piperidine rings is 1. The lowest BCUT2D eigenvalue weighted by Gasteiger charge is -2.34. The highest BCUT2D eigenvalue weighted by Crippen LogP contribution is 2.47. The molecule has 1 aliphatic heterocycles. The van der Waals surface area contributed by atoms with E-state index in [-0.39, 0.29) is 5.91 Å². The lowest BCUT2D eigenvalue weighted by molar-refractivity contribution is -0.132. The lowest BCUT2D eigenvalue weighted by atomic mass is 10.0. The van der Waals surface area contributed by atoms with Gasteiger partial charge in [-0.05, 0) is 44.2 Å². The smallest absolute Gasteiger partial charge is 0.223 e. The number of furan rings is 1. The van der Waals surface area contributed by atoms with E-state index in [0.717, 1.165) is 49.2 Å². The van der Waals surface area contributed by atoms with Crippen LogP contribution in [0.4, 0.5) is 0 Å². The number of nitrogens with zero attached hydrogens (tertiary/aromatic N) is 3. The van der Waals surface area contributed by atoms with Crippen LogP contribution in [-0.4, -0.2) is 33.4 Å². The molecule has 25 heavy (non-hydrogen) atoms. The van der Waals surface area contributed by atoms with E-state index in [1.165, 1.54) is 6.42 Å². The molecule has 1 amide bonds. The minimum absolute atomic E-state index is 0.236. The maximum Gasteiger partial charge on any atom is 0.223 e. The first-order chi connectivity index (χ1) is 12.1. The molecule has 0 radical (unpaired) electrons. The molecule has 2 aromatic heterocycles. The molecule has 1 saturated carbocycles. The van der Waals surface area contributed by atoms with Crippen molar-refractivity contribution in [2.45, 2.75) is 57.9 Å². The first-order valence-electron chi connectivity index (χ1n) is 9.47. The van der Waals surface area contributed by atoms with Crippen LogP contribution in [0.1, 0.15) is 61.9 Å². The van der Waals surface area contributed by atoms with Crippen LogP contribution < -0.4 is 0 Å². The Labute approximate surface area is 149 Å². The second-order valence-corrected chi connectivity index (χ2v) is 7.64. The summed E-state index contributed by atoms with van der Waals surface area (Å²) in [6.07, 6.45) is 8.49. The van der Waals surface area contributed by atoms with Crippen molar-refractivity contribution in [1.29, 1.82) is 0 Å². The molecule has 0 spiro atoms. The minimum Gasteiger partial charge on any atom is -0.466 e. The molecule has 2 aliphatic rings. The summed E-state index contributed by atoms with van der Waals surface area (Å²) in [5, 5.41) is 0. The minimum atomic E-state index is 0.236. The number of carbonyl (C=O) groups excluding carboxylic acids is 1. The fraction of sp³-hybridized carbons (Fsp3) is 0.600. The molecule has 3 heterocycles. The van der Waals surface area contributed by atoms with E-state index < -0.39 is 0 Å². The molecule has 0 N–H and O–H groups in total. The van der Waals surface area contributed by atoms with Gasteiger partial charge in [0.2, 0.25) is 5.91 Å². The summed E-state index contributed by atoms with van der Waals surface area (Å²) >= 11 is 0. The number of carbonyl (C=O) groups is 1. The number of hydrogen-bond donors (Lipinski definition) is 0. The van der Waals surface area contributed by atoms with Gasteiger partial charge in [-0.15, -0.1) is 0 Å². The SMILES string of the molecule is Cc1nccn1[C@@H]1CCCN(C(=O)CCc2ccc([C@H]3C[C@@H]3C)o2)C1. The fourth-order valence-electron chi connectivity index (χ4n) is 4.02. The van der Waals surface area contributed by atoms with E-state index in [1.54, 1.807) is 0 Å². The molecule has 2 aromatic rings. The molecule has 1 saturated heterocycles. The average molecular weight is 341 g/mol. The molecule has 0 aromatic carbocycles. The number of amides is 1. The summed E-state index contributed by atoms with van der Waals surface area (Å²) in [5.74, 6) is 4.66. The topological polar surface area (TPSA) is 51.3 Å². The summed E-state index contributed by atoms with van der Waals surface area (Å²) in [7, 11) is 0. The first kappa shape index (κ1) is 16.4. The summed E-state index contributed by atoms with van der Waals surface area (Å²) in [6.45, 7) is 5.94. The average Bonchev–Trinajstić information content (AvgIpc) is 3.02. The predicted octanol–water partition coefficient (Wildman–Crippen LogP) is 3.70. The van der Waals surface area contributed by atoms with Gasteiger partial charge in [0, 0.05) is 44.2 Å². The van der Waals surface area contributed by atoms with Crippen LogP contribution in [0.3, 0.4) is 0 Å². The standard InChI is InChI=1S/C20H27N3O2/c1-14-12-18(14)19-7-5-17(25-19)6-8-20(24)22-10-3-4-16(13-22)23-11-9-21-15(23)2/h5,7,9,11,14,16,18H,3-4,6,8,10,12-13H2,1-2H3/t14-,16+,18-/m0/s1. The van der Waals surface area contributed by atoms with E-state index in [2.05, 4.69) is 22.5 Å². The third kappa shape index (κ3) is 3.51. The highest BCUT2D eigenvalue weighted by atomic mass is 16.3. The summed E-state index contributed by atoms with van der Waals surface area (Å²) < 4.78 is 8.13. The zero-order valence-electron chi connectivity index (χ0n) is 15.1. The third-order valence-corrected chi connectivity index (χ3v) is 5.75. The maximum atomic E-state index is 12.6. The number of aryl methyl sites for hydroxylation is 2. The van der Waals surface area contributed by atoms with E-state index in [4.69, 9.17) is 4.42 Å². The molecule has 5 nitrogen and oxygen atoms in total. The Kier molecular flexibility index (Phi) is 4.40. The van der Waals surface area contributed by atoms with Crippen molar-refractivity contribution in [3.8, 4) is 0 Å².